The normalized spacial score (nSPS) is 14.8. The molecule has 3 rings (SSSR count). The van der Waals surface area contributed by atoms with Gasteiger partial charge in [-0.15, -0.1) is 0 Å². The molecule has 0 unspecified atom stereocenters. The molecule has 7 nitrogen and oxygen atoms in total. The third-order valence-electron chi connectivity index (χ3n) is 5.50. The smallest absolute Gasteiger partial charge is 0.395 e. The third-order valence-corrected chi connectivity index (χ3v) is 5.50. The number of nitrogens with one attached hydrogen (secondary N) is 1. The maximum Gasteiger partial charge on any atom is 0.453 e. The minimum absolute atomic E-state index is 0.0313. The summed E-state index contributed by atoms with van der Waals surface area (Å²) in [5, 5.41) is 10.6. The number of halogens is 6. The van der Waals surface area contributed by atoms with E-state index < -0.39 is 42.5 Å². The Hall–Kier alpha value is -3.61. The molecule has 2 aromatic carbocycles. The zero-order chi connectivity index (χ0) is 28.0. The molecule has 3 amide bonds. The maximum absolute atomic E-state index is 13.2. The van der Waals surface area contributed by atoms with Crippen LogP contribution >= 0.6 is 0 Å². The van der Waals surface area contributed by atoms with Crippen LogP contribution in [0.3, 0.4) is 0 Å². The highest BCUT2D eigenvalue weighted by Crippen LogP contribution is 2.38. The van der Waals surface area contributed by atoms with E-state index >= 15 is 0 Å². The quantitative estimate of drug-likeness (QED) is 0.375. The Labute approximate surface area is 208 Å². The van der Waals surface area contributed by atoms with Crippen LogP contribution in [0.1, 0.15) is 18.9 Å². The number of nitrogens with two attached hydrogens (primary N) is 1. The van der Waals surface area contributed by atoms with E-state index in [0.717, 1.165) is 22.4 Å². The Morgan fingerprint density at radius 3 is 2.14 bits per heavy atom. The summed E-state index contributed by atoms with van der Waals surface area (Å²) in [6.45, 7) is -0.384. The second-order valence-corrected chi connectivity index (χ2v) is 8.20. The summed E-state index contributed by atoms with van der Waals surface area (Å²) in [7, 11) is 0. The number of alkyl halides is 6. The number of β-amino-alcohol motifs (C(OH)–C–C–N with tert-alkyl or cyclic N) is 1. The van der Waals surface area contributed by atoms with Crippen LogP contribution in [0.4, 0.5) is 32.0 Å². The van der Waals surface area contributed by atoms with Gasteiger partial charge in [0.15, 0.2) is 0 Å². The van der Waals surface area contributed by atoms with Crippen LogP contribution in [0, 0.1) is 0 Å². The van der Waals surface area contributed by atoms with E-state index in [0.29, 0.717) is 19.9 Å². The molecule has 0 aromatic heterocycles. The summed E-state index contributed by atoms with van der Waals surface area (Å²) < 4.78 is 73.0. The van der Waals surface area contributed by atoms with Crippen molar-refractivity contribution in [1.82, 2.24) is 5.32 Å². The van der Waals surface area contributed by atoms with Crippen molar-refractivity contribution in [2.24, 2.45) is 5.73 Å². The van der Waals surface area contributed by atoms with Gasteiger partial charge < -0.3 is 21.1 Å². The fraction of sp³-hybridized carbons (Fsp3) is 0.375. The van der Waals surface area contributed by atoms with Crippen LogP contribution in [0.25, 0.3) is 11.1 Å². The average molecular weight is 533 g/mol. The summed E-state index contributed by atoms with van der Waals surface area (Å²) >= 11 is 0. The molecule has 0 fully saturated rings. The number of primary amides is 1. The Morgan fingerprint density at radius 2 is 1.57 bits per heavy atom. The summed E-state index contributed by atoms with van der Waals surface area (Å²) in [6, 6.07) is 15.8. The van der Waals surface area contributed by atoms with Crippen LogP contribution in [0.5, 0.6) is 0 Å². The standard InChI is InChI=1S/C16H15NO2.C8H10F6N2O2/c18-10-9-17-15-8-4-3-7-14(15)13-6-2-1-5-12(13)11-16(17)19;1-6(9,4(15)17)5(18)16-3-2-7(10,11)8(12,13)14/h1-8,18H,9-11H2;2-3H2,1H3,(H2,15,17)(H,16,18)/t;6-/m.1/s1. The van der Waals surface area contributed by atoms with Crippen molar-refractivity contribution in [1.29, 1.82) is 0 Å². The molecule has 0 aliphatic carbocycles. The number of anilines is 1. The molecule has 1 aliphatic rings. The number of aliphatic hydroxyl groups excluding tert-OH is 1. The number of benzene rings is 2. The molecular formula is C24H25F6N3O4. The first-order valence-electron chi connectivity index (χ1n) is 10.9. The first-order valence-corrected chi connectivity index (χ1v) is 10.9. The van der Waals surface area contributed by atoms with Crippen molar-refractivity contribution >= 4 is 23.4 Å². The Kier molecular flexibility index (Phi) is 9.31. The van der Waals surface area contributed by atoms with Gasteiger partial charge in [-0.2, -0.15) is 22.0 Å². The number of rotatable bonds is 7. The molecule has 37 heavy (non-hydrogen) atoms. The molecule has 0 saturated heterocycles. The predicted molar refractivity (Wildman–Crippen MR) is 122 cm³/mol. The molecule has 2 aromatic rings. The first kappa shape index (κ1) is 29.6. The van der Waals surface area contributed by atoms with Gasteiger partial charge in [0.25, 0.3) is 17.5 Å². The first-order chi connectivity index (χ1) is 17.1. The van der Waals surface area contributed by atoms with Crippen LogP contribution in [0.15, 0.2) is 48.5 Å². The average Bonchev–Trinajstić information content (AvgIpc) is 2.93. The fourth-order valence-corrected chi connectivity index (χ4v) is 3.36. The predicted octanol–water partition coefficient (Wildman–Crippen LogP) is 3.14. The summed E-state index contributed by atoms with van der Waals surface area (Å²) in [5.41, 5.74) is 5.40. The highest BCUT2D eigenvalue weighted by Gasteiger charge is 2.56. The molecule has 0 radical (unpaired) electrons. The number of hydrogen-bond acceptors (Lipinski definition) is 4. The van der Waals surface area contributed by atoms with Crippen molar-refractivity contribution in [2.45, 2.75) is 37.5 Å². The molecule has 0 bridgehead atoms. The van der Waals surface area contributed by atoms with Gasteiger partial charge in [-0.25, -0.2) is 4.39 Å². The third kappa shape index (κ3) is 7.00. The molecule has 13 heteroatoms. The second kappa shape index (κ2) is 11.6. The van der Waals surface area contributed by atoms with Gasteiger partial charge in [0.05, 0.1) is 18.7 Å². The highest BCUT2D eigenvalue weighted by atomic mass is 19.4. The van der Waals surface area contributed by atoms with E-state index in [9.17, 15) is 45.8 Å². The molecule has 1 atom stereocenters. The summed E-state index contributed by atoms with van der Waals surface area (Å²) in [5.74, 6) is -8.33. The largest absolute Gasteiger partial charge is 0.453 e. The number of amides is 3. The monoisotopic (exact) mass is 533 g/mol. The van der Waals surface area contributed by atoms with E-state index in [-0.39, 0.29) is 12.5 Å². The van der Waals surface area contributed by atoms with Crippen molar-refractivity contribution in [2.75, 3.05) is 24.6 Å². The summed E-state index contributed by atoms with van der Waals surface area (Å²) in [4.78, 5) is 35.4. The van der Waals surface area contributed by atoms with E-state index in [2.05, 4.69) is 5.73 Å². The number of nitrogens with zero attached hydrogens (tertiary/aromatic N) is 1. The van der Waals surface area contributed by atoms with Gasteiger partial charge in [0, 0.05) is 25.1 Å². The van der Waals surface area contributed by atoms with Crippen LogP contribution < -0.4 is 16.0 Å². The number of fused-ring (bicyclic) bond motifs is 3. The van der Waals surface area contributed by atoms with Crippen LogP contribution in [0.2, 0.25) is 0 Å². The fourth-order valence-electron chi connectivity index (χ4n) is 3.36. The molecule has 0 spiro atoms. The van der Waals surface area contributed by atoms with E-state index in [1.165, 1.54) is 5.32 Å². The number of carbonyl (C=O) groups is 3. The van der Waals surface area contributed by atoms with E-state index in [1.54, 1.807) is 4.90 Å². The maximum atomic E-state index is 13.2. The van der Waals surface area contributed by atoms with Gasteiger partial charge in [-0.05, 0) is 24.1 Å². The Balaban J connectivity index is 0.000000261. The lowest BCUT2D eigenvalue weighted by Gasteiger charge is -2.21. The molecule has 4 N–H and O–H groups in total. The van der Waals surface area contributed by atoms with Gasteiger partial charge in [-0.3, -0.25) is 14.4 Å². The molecule has 202 valence electrons. The van der Waals surface area contributed by atoms with Crippen LogP contribution in [-0.2, 0) is 20.8 Å². The minimum atomic E-state index is -5.76. The van der Waals surface area contributed by atoms with Crippen molar-refractivity contribution in [3.05, 3.63) is 54.1 Å². The van der Waals surface area contributed by atoms with Crippen molar-refractivity contribution in [3.63, 3.8) is 0 Å². The minimum Gasteiger partial charge on any atom is -0.395 e. The Morgan fingerprint density at radius 1 is 1.00 bits per heavy atom. The number of para-hydroxylation sites is 1. The van der Waals surface area contributed by atoms with E-state index in [1.807, 2.05) is 48.5 Å². The number of hydrogen-bond donors (Lipinski definition) is 3. The topological polar surface area (TPSA) is 113 Å². The second-order valence-electron chi connectivity index (χ2n) is 8.20. The van der Waals surface area contributed by atoms with Gasteiger partial charge in [0.2, 0.25) is 5.91 Å². The number of carbonyl (C=O) groups excluding carboxylic acids is 3. The Bertz CT molecular complexity index is 1140. The molecular weight excluding hydrogens is 508 g/mol. The van der Waals surface area contributed by atoms with Crippen molar-refractivity contribution in [3.8, 4) is 11.1 Å². The summed E-state index contributed by atoms with van der Waals surface area (Å²) in [6.07, 6.45) is -7.15. The zero-order valence-corrected chi connectivity index (χ0v) is 19.6. The molecule has 1 heterocycles. The van der Waals surface area contributed by atoms with Gasteiger partial charge >= 0.3 is 12.1 Å². The van der Waals surface area contributed by atoms with Crippen LogP contribution in [-0.4, -0.2) is 60.3 Å². The lowest BCUT2D eigenvalue weighted by Crippen LogP contribution is -2.51. The lowest BCUT2D eigenvalue weighted by molar-refractivity contribution is -0.283. The van der Waals surface area contributed by atoms with E-state index in [4.69, 9.17) is 0 Å². The molecule has 0 saturated carbocycles. The number of aliphatic hydroxyl groups is 1. The van der Waals surface area contributed by atoms with Gasteiger partial charge in [0.1, 0.15) is 0 Å². The SMILES string of the molecule is C[C@@](F)(C(N)=O)C(=O)NCCC(F)(F)C(F)(F)F.O=C1Cc2ccccc2-c2ccccc2N1CCO. The zero-order valence-electron chi connectivity index (χ0n) is 19.6. The lowest BCUT2D eigenvalue weighted by atomic mass is 9.98. The molecule has 1 aliphatic heterocycles. The van der Waals surface area contributed by atoms with Crippen molar-refractivity contribution < 1.29 is 45.8 Å². The highest BCUT2D eigenvalue weighted by molar-refractivity contribution is 6.07. The van der Waals surface area contributed by atoms with Gasteiger partial charge in [-0.1, -0.05) is 42.5 Å².